The SMILES string of the molecule is CC/C=C(C)\C=C/Nc1cccc2c1oc1ccccc12. The average Bonchev–Trinajstić information content (AvgIpc) is 2.87. The Hall–Kier alpha value is -2.48. The third kappa shape index (κ3) is 2.70. The van der Waals surface area contributed by atoms with E-state index in [4.69, 9.17) is 4.42 Å². The summed E-state index contributed by atoms with van der Waals surface area (Å²) in [5, 5.41) is 5.62. The van der Waals surface area contributed by atoms with Gasteiger partial charge in [0.15, 0.2) is 5.58 Å². The number of nitrogens with one attached hydrogen (secondary N) is 1. The lowest BCUT2D eigenvalue weighted by atomic mass is 10.1. The van der Waals surface area contributed by atoms with Crippen LogP contribution >= 0.6 is 0 Å². The first-order valence-corrected chi connectivity index (χ1v) is 7.29. The number of allylic oxidation sites excluding steroid dienone is 3. The maximum absolute atomic E-state index is 5.98. The molecule has 106 valence electrons. The van der Waals surface area contributed by atoms with Gasteiger partial charge in [-0.15, -0.1) is 0 Å². The van der Waals surface area contributed by atoms with Crippen molar-refractivity contribution < 1.29 is 4.42 Å². The van der Waals surface area contributed by atoms with E-state index < -0.39 is 0 Å². The summed E-state index contributed by atoms with van der Waals surface area (Å²) in [6.45, 7) is 4.24. The molecule has 0 atom stereocenters. The van der Waals surface area contributed by atoms with E-state index in [-0.39, 0.29) is 0 Å². The molecule has 1 aromatic heterocycles. The summed E-state index contributed by atoms with van der Waals surface area (Å²) in [5.74, 6) is 0. The van der Waals surface area contributed by atoms with Crippen LogP contribution in [-0.4, -0.2) is 0 Å². The second-order valence-corrected chi connectivity index (χ2v) is 5.11. The van der Waals surface area contributed by atoms with Crippen molar-refractivity contribution in [3.8, 4) is 0 Å². The topological polar surface area (TPSA) is 25.2 Å². The zero-order chi connectivity index (χ0) is 14.7. The number of hydrogen-bond donors (Lipinski definition) is 1. The van der Waals surface area contributed by atoms with Crippen molar-refractivity contribution in [2.75, 3.05) is 5.32 Å². The minimum Gasteiger partial charge on any atom is -0.454 e. The Labute approximate surface area is 124 Å². The van der Waals surface area contributed by atoms with E-state index in [0.29, 0.717) is 0 Å². The Morgan fingerprint density at radius 3 is 2.76 bits per heavy atom. The summed E-state index contributed by atoms with van der Waals surface area (Å²) < 4.78 is 5.98. The number of furan rings is 1. The number of benzene rings is 2. The van der Waals surface area contributed by atoms with Crippen molar-refractivity contribution in [1.82, 2.24) is 0 Å². The maximum atomic E-state index is 5.98. The van der Waals surface area contributed by atoms with Crippen LogP contribution in [0.3, 0.4) is 0 Å². The molecule has 2 aromatic carbocycles. The predicted octanol–water partition coefficient (Wildman–Crippen LogP) is 5.87. The second kappa shape index (κ2) is 5.88. The fourth-order valence-corrected chi connectivity index (χ4v) is 2.51. The van der Waals surface area contributed by atoms with Crippen LogP contribution in [0.5, 0.6) is 0 Å². The fraction of sp³-hybridized carbons (Fsp3) is 0.158. The molecule has 0 saturated carbocycles. The van der Waals surface area contributed by atoms with Crippen molar-refractivity contribution >= 4 is 27.6 Å². The van der Waals surface area contributed by atoms with Gasteiger partial charge in [-0.2, -0.15) is 0 Å². The van der Waals surface area contributed by atoms with E-state index in [0.717, 1.165) is 34.0 Å². The zero-order valence-corrected chi connectivity index (χ0v) is 12.4. The van der Waals surface area contributed by atoms with Gasteiger partial charge >= 0.3 is 0 Å². The molecule has 0 aliphatic carbocycles. The minimum atomic E-state index is 0.903. The summed E-state index contributed by atoms with van der Waals surface area (Å²) >= 11 is 0. The smallest absolute Gasteiger partial charge is 0.158 e. The molecule has 0 radical (unpaired) electrons. The molecule has 1 N–H and O–H groups in total. The molecule has 3 rings (SSSR count). The minimum absolute atomic E-state index is 0.903. The van der Waals surface area contributed by atoms with E-state index in [2.05, 4.69) is 49.5 Å². The molecule has 0 saturated heterocycles. The van der Waals surface area contributed by atoms with Crippen molar-refractivity contribution in [2.45, 2.75) is 20.3 Å². The Morgan fingerprint density at radius 2 is 1.90 bits per heavy atom. The molecule has 2 nitrogen and oxygen atoms in total. The molecule has 21 heavy (non-hydrogen) atoms. The van der Waals surface area contributed by atoms with E-state index in [1.165, 1.54) is 5.57 Å². The molecular weight excluding hydrogens is 258 g/mol. The molecule has 0 aliphatic rings. The highest BCUT2D eigenvalue weighted by molar-refractivity contribution is 6.08. The van der Waals surface area contributed by atoms with Crippen molar-refractivity contribution in [3.63, 3.8) is 0 Å². The van der Waals surface area contributed by atoms with Crippen molar-refractivity contribution in [1.29, 1.82) is 0 Å². The normalized spacial score (nSPS) is 12.6. The zero-order valence-electron chi connectivity index (χ0n) is 12.4. The van der Waals surface area contributed by atoms with Gasteiger partial charge in [-0.1, -0.05) is 48.9 Å². The van der Waals surface area contributed by atoms with Crippen LogP contribution in [0.1, 0.15) is 20.3 Å². The highest BCUT2D eigenvalue weighted by Crippen LogP contribution is 2.33. The maximum Gasteiger partial charge on any atom is 0.158 e. The number of anilines is 1. The van der Waals surface area contributed by atoms with Gasteiger partial charge in [0.25, 0.3) is 0 Å². The summed E-state index contributed by atoms with van der Waals surface area (Å²) in [5.41, 5.74) is 4.07. The highest BCUT2D eigenvalue weighted by atomic mass is 16.3. The molecule has 0 amide bonds. The average molecular weight is 277 g/mol. The summed E-state index contributed by atoms with van der Waals surface area (Å²) in [6, 6.07) is 14.3. The lowest BCUT2D eigenvalue weighted by Crippen LogP contribution is -1.87. The largest absolute Gasteiger partial charge is 0.454 e. The van der Waals surface area contributed by atoms with Crippen LogP contribution in [0.25, 0.3) is 21.9 Å². The van der Waals surface area contributed by atoms with Gasteiger partial charge in [0.1, 0.15) is 5.58 Å². The highest BCUT2D eigenvalue weighted by Gasteiger charge is 2.08. The van der Waals surface area contributed by atoms with Gasteiger partial charge in [-0.3, -0.25) is 0 Å². The van der Waals surface area contributed by atoms with Crippen molar-refractivity contribution in [2.24, 2.45) is 0 Å². The first-order valence-electron chi connectivity index (χ1n) is 7.29. The van der Waals surface area contributed by atoms with Crippen LogP contribution in [0, 0.1) is 0 Å². The van der Waals surface area contributed by atoms with Crippen molar-refractivity contribution in [3.05, 3.63) is 66.4 Å². The monoisotopic (exact) mass is 277 g/mol. The third-order valence-electron chi connectivity index (χ3n) is 3.52. The van der Waals surface area contributed by atoms with E-state index in [9.17, 15) is 0 Å². The molecule has 0 unspecified atom stereocenters. The standard InChI is InChI=1S/C19H19NO/c1-3-7-14(2)12-13-20-17-10-6-9-16-15-8-4-5-11-18(15)21-19(16)17/h4-13,20H,3H2,1-2H3/b13-12-,14-7-. The molecule has 0 fully saturated rings. The number of hydrogen-bond acceptors (Lipinski definition) is 2. The quantitative estimate of drug-likeness (QED) is 0.603. The lowest BCUT2D eigenvalue weighted by molar-refractivity contribution is 0.670. The number of para-hydroxylation sites is 2. The summed E-state index contributed by atoms with van der Waals surface area (Å²) in [7, 11) is 0. The molecule has 0 bridgehead atoms. The first-order chi connectivity index (χ1) is 10.3. The molecule has 2 heteroatoms. The Bertz CT molecular complexity index is 824. The molecule has 3 aromatic rings. The van der Waals surface area contributed by atoms with E-state index in [1.807, 2.05) is 30.5 Å². The van der Waals surface area contributed by atoms with E-state index in [1.54, 1.807) is 0 Å². The van der Waals surface area contributed by atoms with Gasteiger partial charge in [-0.25, -0.2) is 0 Å². The van der Waals surface area contributed by atoms with Crippen LogP contribution in [0.2, 0.25) is 0 Å². The molecule has 0 aliphatic heterocycles. The Kier molecular flexibility index (Phi) is 3.78. The van der Waals surface area contributed by atoms with Gasteiger partial charge < -0.3 is 9.73 Å². The summed E-state index contributed by atoms with van der Waals surface area (Å²) in [4.78, 5) is 0. The summed E-state index contributed by atoms with van der Waals surface area (Å²) in [6.07, 6.45) is 7.28. The van der Waals surface area contributed by atoms with Crippen LogP contribution in [0.4, 0.5) is 5.69 Å². The first kappa shape index (κ1) is 13.5. The molecule has 1 heterocycles. The lowest BCUT2D eigenvalue weighted by Gasteiger charge is -2.01. The van der Waals surface area contributed by atoms with Crippen LogP contribution < -0.4 is 5.32 Å². The fourth-order valence-electron chi connectivity index (χ4n) is 2.51. The van der Waals surface area contributed by atoms with Gasteiger partial charge in [0.2, 0.25) is 0 Å². The third-order valence-corrected chi connectivity index (χ3v) is 3.52. The van der Waals surface area contributed by atoms with Crippen LogP contribution in [-0.2, 0) is 0 Å². The Morgan fingerprint density at radius 1 is 1.10 bits per heavy atom. The molecular formula is C19H19NO. The van der Waals surface area contributed by atoms with E-state index >= 15 is 0 Å². The molecule has 0 spiro atoms. The van der Waals surface area contributed by atoms with Gasteiger partial charge in [0.05, 0.1) is 5.69 Å². The van der Waals surface area contributed by atoms with Gasteiger partial charge in [0, 0.05) is 17.0 Å². The second-order valence-electron chi connectivity index (χ2n) is 5.11. The Balaban J connectivity index is 1.98. The van der Waals surface area contributed by atoms with Gasteiger partial charge in [-0.05, 0) is 31.6 Å². The predicted molar refractivity (Wildman–Crippen MR) is 90.5 cm³/mol. The van der Waals surface area contributed by atoms with Crippen LogP contribution in [0.15, 0.2) is 70.8 Å². The number of fused-ring (bicyclic) bond motifs is 3. The number of rotatable bonds is 4.